The van der Waals surface area contributed by atoms with Crippen LogP contribution in [0.3, 0.4) is 0 Å². The number of aromatic amines is 1. The minimum absolute atomic E-state index is 0.127. The maximum absolute atomic E-state index is 11.8. The molecule has 0 spiro atoms. The van der Waals surface area contributed by atoms with Gasteiger partial charge in [-0.3, -0.25) is 4.79 Å². The first-order valence-corrected chi connectivity index (χ1v) is 9.00. The summed E-state index contributed by atoms with van der Waals surface area (Å²) in [5.74, 6) is 0. The third-order valence-electron chi connectivity index (χ3n) is 3.34. The standard InChI is InChI=1S/C11H13ClN3O4PS/c12-7-3-15(10-9(7)11(16)14-5-13-10)8-2-1-6(19-8)4-18-20(17)21/h3,5-6,8,17,21H,1-2,4H2,(H,13,14,16). The predicted molar refractivity (Wildman–Crippen MR) is 82.6 cm³/mol. The Morgan fingerprint density at radius 2 is 2.48 bits per heavy atom. The van der Waals surface area contributed by atoms with Crippen molar-refractivity contribution >= 4 is 42.5 Å². The van der Waals surface area contributed by atoms with Crippen molar-refractivity contribution in [3.05, 3.63) is 27.9 Å². The molecule has 2 aromatic rings. The first-order valence-electron chi connectivity index (χ1n) is 6.26. The normalized spacial score (nSPS) is 23.8. The van der Waals surface area contributed by atoms with Crippen molar-refractivity contribution in [3.8, 4) is 0 Å². The summed E-state index contributed by atoms with van der Waals surface area (Å²) in [4.78, 5) is 27.5. The smallest absolute Gasteiger partial charge is 0.261 e. The van der Waals surface area contributed by atoms with Crippen molar-refractivity contribution in [3.63, 3.8) is 0 Å². The van der Waals surface area contributed by atoms with Crippen LogP contribution in [0.4, 0.5) is 0 Å². The molecule has 7 nitrogen and oxygen atoms in total. The van der Waals surface area contributed by atoms with Gasteiger partial charge in [-0.2, -0.15) is 0 Å². The van der Waals surface area contributed by atoms with Gasteiger partial charge in [-0.05, 0) is 12.8 Å². The van der Waals surface area contributed by atoms with E-state index in [2.05, 4.69) is 22.2 Å². The molecule has 3 rings (SSSR count). The van der Waals surface area contributed by atoms with E-state index in [1.165, 1.54) is 6.33 Å². The highest BCUT2D eigenvalue weighted by Crippen LogP contribution is 2.39. The predicted octanol–water partition coefficient (Wildman–Crippen LogP) is 2.22. The Balaban J connectivity index is 1.83. The van der Waals surface area contributed by atoms with Crippen molar-refractivity contribution in [2.75, 3.05) is 6.61 Å². The van der Waals surface area contributed by atoms with Crippen molar-refractivity contribution < 1.29 is 14.2 Å². The zero-order valence-electron chi connectivity index (χ0n) is 10.8. The van der Waals surface area contributed by atoms with Crippen molar-refractivity contribution in [1.29, 1.82) is 0 Å². The van der Waals surface area contributed by atoms with Crippen LogP contribution < -0.4 is 5.56 Å². The van der Waals surface area contributed by atoms with Crippen LogP contribution in [0.2, 0.25) is 5.02 Å². The van der Waals surface area contributed by atoms with E-state index in [9.17, 15) is 4.79 Å². The molecule has 0 bridgehead atoms. The Hall–Kier alpha value is -0.630. The number of fused-ring (bicyclic) bond motifs is 1. The molecule has 0 radical (unpaired) electrons. The van der Waals surface area contributed by atoms with Crippen LogP contribution in [0.15, 0.2) is 17.3 Å². The number of hydrogen-bond acceptors (Lipinski definition) is 6. The number of halogens is 1. The van der Waals surface area contributed by atoms with Gasteiger partial charge in [0.1, 0.15) is 11.6 Å². The number of aromatic nitrogens is 3. The quantitative estimate of drug-likeness (QED) is 0.582. The first-order chi connectivity index (χ1) is 10.1. The summed E-state index contributed by atoms with van der Waals surface area (Å²) in [6.45, 7) is 0.281. The molecular weight excluding hydrogens is 337 g/mol. The van der Waals surface area contributed by atoms with Gasteiger partial charge in [0.25, 0.3) is 5.56 Å². The number of nitrogens with one attached hydrogen (secondary N) is 1. The van der Waals surface area contributed by atoms with Crippen LogP contribution in [-0.2, 0) is 9.26 Å². The molecule has 0 amide bonds. The van der Waals surface area contributed by atoms with Gasteiger partial charge in [0.2, 0.25) is 7.58 Å². The second-order valence-corrected chi connectivity index (χ2v) is 6.85. The molecule has 3 atom stereocenters. The molecule has 3 unspecified atom stereocenters. The molecule has 1 aliphatic heterocycles. The van der Waals surface area contributed by atoms with Gasteiger partial charge in [-0.1, -0.05) is 23.8 Å². The number of rotatable bonds is 4. The Morgan fingerprint density at radius 1 is 1.67 bits per heavy atom. The van der Waals surface area contributed by atoms with E-state index in [1.807, 2.05) is 0 Å². The Morgan fingerprint density at radius 3 is 3.24 bits per heavy atom. The van der Waals surface area contributed by atoms with E-state index in [1.54, 1.807) is 10.8 Å². The van der Waals surface area contributed by atoms with Gasteiger partial charge in [0.05, 0.1) is 24.1 Å². The molecule has 114 valence electrons. The summed E-state index contributed by atoms with van der Waals surface area (Å²) in [6.07, 6.45) is 4.14. The number of ether oxygens (including phenoxy) is 1. The van der Waals surface area contributed by atoms with Crippen LogP contribution in [0, 0.1) is 0 Å². The molecule has 0 saturated carbocycles. The summed E-state index contributed by atoms with van der Waals surface area (Å²) in [5, 5.41) is 0.702. The topological polar surface area (TPSA) is 89.4 Å². The van der Waals surface area contributed by atoms with Gasteiger partial charge < -0.3 is 23.7 Å². The maximum atomic E-state index is 11.8. The fourth-order valence-electron chi connectivity index (χ4n) is 2.43. The second kappa shape index (κ2) is 6.24. The molecule has 3 heterocycles. The molecular formula is C11H13ClN3O4PS. The summed E-state index contributed by atoms with van der Waals surface area (Å²) in [7, 11) is -1.68. The zero-order chi connectivity index (χ0) is 15.0. The summed E-state index contributed by atoms with van der Waals surface area (Å²) in [5.41, 5.74) is 0.219. The Kier molecular flexibility index (Phi) is 4.54. The fraction of sp³-hybridized carbons (Fsp3) is 0.455. The number of nitrogens with zero attached hydrogens (tertiary/aromatic N) is 2. The average molecular weight is 350 g/mol. The maximum Gasteiger partial charge on any atom is 0.261 e. The largest absolute Gasteiger partial charge is 0.352 e. The molecule has 1 saturated heterocycles. The first kappa shape index (κ1) is 15.3. The fourth-order valence-corrected chi connectivity index (χ4v) is 3.21. The summed E-state index contributed by atoms with van der Waals surface area (Å²) in [6, 6.07) is 0. The minimum Gasteiger partial charge on any atom is -0.352 e. The second-order valence-electron chi connectivity index (χ2n) is 4.65. The molecule has 10 heteroatoms. The third kappa shape index (κ3) is 3.11. The van der Waals surface area contributed by atoms with Gasteiger partial charge in [0.15, 0.2) is 5.65 Å². The van der Waals surface area contributed by atoms with Crippen molar-refractivity contribution in [2.45, 2.75) is 25.2 Å². The van der Waals surface area contributed by atoms with Crippen LogP contribution in [0.25, 0.3) is 11.0 Å². The number of H-pyrrole nitrogens is 1. The summed E-state index contributed by atoms with van der Waals surface area (Å²) < 4.78 is 12.7. The molecule has 2 N–H and O–H groups in total. The zero-order valence-corrected chi connectivity index (χ0v) is 13.3. The van der Waals surface area contributed by atoms with Gasteiger partial charge in [0, 0.05) is 6.20 Å². The van der Waals surface area contributed by atoms with E-state index in [4.69, 9.17) is 25.8 Å². The number of hydrogen-bond donors (Lipinski definition) is 3. The lowest BCUT2D eigenvalue weighted by molar-refractivity contribution is -0.0147. The monoisotopic (exact) mass is 349 g/mol. The minimum atomic E-state index is -1.68. The van der Waals surface area contributed by atoms with Crippen LogP contribution >= 0.6 is 31.4 Å². The highest BCUT2D eigenvalue weighted by molar-refractivity contribution is 8.41. The molecule has 21 heavy (non-hydrogen) atoms. The van der Waals surface area contributed by atoms with Crippen molar-refractivity contribution in [2.24, 2.45) is 0 Å². The molecule has 0 aliphatic carbocycles. The third-order valence-corrected chi connectivity index (χ3v) is 4.35. The highest BCUT2D eigenvalue weighted by Gasteiger charge is 2.29. The van der Waals surface area contributed by atoms with E-state index in [0.717, 1.165) is 12.8 Å². The van der Waals surface area contributed by atoms with E-state index >= 15 is 0 Å². The van der Waals surface area contributed by atoms with Gasteiger partial charge in [-0.15, -0.1) is 0 Å². The molecule has 0 aromatic carbocycles. The molecule has 1 aliphatic rings. The van der Waals surface area contributed by atoms with E-state index in [0.29, 0.717) is 16.1 Å². The molecule has 1 fully saturated rings. The summed E-state index contributed by atoms with van der Waals surface area (Å²) >= 11 is 9.90. The van der Waals surface area contributed by atoms with Gasteiger partial charge in [-0.25, -0.2) is 4.98 Å². The number of thiol groups is 1. The Bertz CT molecular complexity index is 706. The van der Waals surface area contributed by atoms with Crippen LogP contribution in [0.5, 0.6) is 0 Å². The lowest BCUT2D eigenvalue weighted by Gasteiger charge is -2.16. The van der Waals surface area contributed by atoms with Crippen LogP contribution in [0.1, 0.15) is 19.1 Å². The molecule has 2 aromatic heterocycles. The SMILES string of the molecule is O=c1[nH]cnc2c1c(Cl)cn2C1CCC(COP(O)S)O1. The van der Waals surface area contributed by atoms with E-state index < -0.39 is 7.58 Å². The average Bonchev–Trinajstić information content (AvgIpc) is 3.02. The lowest BCUT2D eigenvalue weighted by atomic mass is 10.2. The van der Waals surface area contributed by atoms with Crippen molar-refractivity contribution in [1.82, 2.24) is 14.5 Å². The Labute approximate surface area is 131 Å². The highest BCUT2D eigenvalue weighted by atomic mass is 35.5. The van der Waals surface area contributed by atoms with Gasteiger partial charge >= 0.3 is 0 Å². The van der Waals surface area contributed by atoms with E-state index in [-0.39, 0.29) is 24.5 Å². The van der Waals surface area contributed by atoms with Crippen LogP contribution in [-0.4, -0.2) is 32.1 Å². The lowest BCUT2D eigenvalue weighted by Crippen LogP contribution is -2.15.